The number of nitrogens with one attached hydrogen (secondary N) is 1. The van der Waals surface area contributed by atoms with Crippen LogP contribution in [0.5, 0.6) is 0 Å². The number of halogens is 1. The molecule has 1 aromatic heterocycles. The van der Waals surface area contributed by atoms with Crippen LogP contribution in [-0.4, -0.2) is 24.6 Å². The lowest BCUT2D eigenvalue weighted by molar-refractivity contribution is 0.673. The molecule has 0 aliphatic carbocycles. The lowest BCUT2D eigenvalue weighted by Crippen LogP contribution is -2.27. The maximum absolute atomic E-state index is 6.25. The van der Waals surface area contributed by atoms with Crippen molar-refractivity contribution in [3.8, 4) is 0 Å². The molecule has 0 radical (unpaired) electrons. The molecule has 0 saturated carbocycles. The second-order valence-corrected chi connectivity index (χ2v) is 4.94. The van der Waals surface area contributed by atoms with Gasteiger partial charge in [-0.25, -0.2) is 4.98 Å². The van der Waals surface area contributed by atoms with E-state index in [2.05, 4.69) is 36.0 Å². The van der Waals surface area contributed by atoms with E-state index in [1.165, 1.54) is 0 Å². The minimum absolute atomic E-state index is 0.393. The average molecular weight is 256 g/mol. The molecule has 1 N–H and O–H groups in total. The fraction of sp³-hybridized carbons (Fsp3) is 0.615. The van der Waals surface area contributed by atoms with Crippen LogP contribution in [0, 0.1) is 0 Å². The van der Waals surface area contributed by atoms with Crippen LogP contribution < -0.4 is 10.2 Å². The first-order chi connectivity index (χ1) is 8.06. The Morgan fingerprint density at radius 2 is 2.18 bits per heavy atom. The van der Waals surface area contributed by atoms with Gasteiger partial charge in [-0.1, -0.05) is 18.5 Å². The van der Waals surface area contributed by atoms with Crippen molar-refractivity contribution in [3.63, 3.8) is 0 Å². The first-order valence-electron chi connectivity index (χ1n) is 6.14. The third-order valence-electron chi connectivity index (χ3n) is 2.74. The molecule has 1 heterocycles. The zero-order valence-corrected chi connectivity index (χ0v) is 11.9. The number of nitrogens with zero attached hydrogens (tertiary/aromatic N) is 2. The lowest BCUT2D eigenvalue weighted by Gasteiger charge is -2.23. The Morgan fingerprint density at radius 1 is 1.47 bits per heavy atom. The third kappa shape index (κ3) is 4.17. The van der Waals surface area contributed by atoms with E-state index in [0.717, 1.165) is 35.9 Å². The highest BCUT2D eigenvalue weighted by Crippen LogP contribution is 2.24. The molecule has 0 aliphatic heterocycles. The van der Waals surface area contributed by atoms with Crippen LogP contribution in [-0.2, 0) is 6.54 Å². The van der Waals surface area contributed by atoms with Gasteiger partial charge in [-0.15, -0.1) is 0 Å². The van der Waals surface area contributed by atoms with Gasteiger partial charge in [0.25, 0.3) is 0 Å². The van der Waals surface area contributed by atoms with Crippen molar-refractivity contribution in [2.45, 2.75) is 39.8 Å². The summed E-state index contributed by atoms with van der Waals surface area (Å²) in [6, 6.07) is 2.38. The largest absolute Gasteiger partial charge is 0.356 e. The van der Waals surface area contributed by atoms with Gasteiger partial charge in [-0.05, 0) is 38.4 Å². The van der Waals surface area contributed by atoms with Gasteiger partial charge in [0.2, 0.25) is 0 Å². The maximum atomic E-state index is 6.25. The van der Waals surface area contributed by atoms with Crippen molar-refractivity contribution in [1.29, 1.82) is 0 Å². The smallest absolute Gasteiger partial charge is 0.147 e. The van der Waals surface area contributed by atoms with Gasteiger partial charge in [0, 0.05) is 25.8 Å². The minimum Gasteiger partial charge on any atom is -0.356 e. The lowest BCUT2D eigenvalue weighted by atomic mass is 10.2. The molecule has 3 nitrogen and oxygen atoms in total. The normalized spacial score (nSPS) is 10.9. The molecule has 0 saturated heterocycles. The molecule has 96 valence electrons. The molecule has 0 bridgehead atoms. The zero-order valence-electron chi connectivity index (χ0n) is 11.1. The fourth-order valence-electron chi connectivity index (χ4n) is 1.48. The van der Waals surface area contributed by atoms with E-state index < -0.39 is 0 Å². The Kier molecular flexibility index (Phi) is 5.72. The Balaban J connectivity index is 2.72. The van der Waals surface area contributed by atoms with E-state index in [1.54, 1.807) is 0 Å². The Hall–Kier alpha value is -0.800. The summed E-state index contributed by atoms with van der Waals surface area (Å²) in [5.41, 5.74) is 1.13. The molecule has 0 unspecified atom stereocenters. The molecule has 17 heavy (non-hydrogen) atoms. The number of pyridine rings is 1. The average Bonchev–Trinajstić information content (AvgIpc) is 2.28. The van der Waals surface area contributed by atoms with Gasteiger partial charge < -0.3 is 10.2 Å². The summed E-state index contributed by atoms with van der Waals surface area (Å²) in [5.74, 6) is 0.848. The minimum atomic E-state index is 0.393. The van der Waals surface area contributed by atoms with Gasteiger partial charge in [0.05, 0.1) is 5.02 Å². The molecule has 1 rings (SSSR count). The van der Waals surface area contributed by atoms with Crippen LogP contribution in [0.4, 0.5) is 5.82 Å². The van der Waals surface area contributed by atoms with Crippen molar-refractivity contribution in [2.75, 3.05) is 18.5 Å². The summed E-state index contributed by atoms with van der Waals surface area (Å²) in [6.45, 7) is 8.24. The maximum Gasteiger partial charge on any atom is 0.147 e. The predicted octanol–water partition coefficient (Wildman–Crippen LogP) is 3.08. The van der Waals surface area contributed by atoms with Crippen molar-refractivity contribution in [2.24, 2.45) is 0 Å². The van der Waals surface area contributed by atoms with Crippen molar-refractivity contribution < 1.29 is 0 Å². The quantitative estimate of drug-likeness (QED) is 0.792. The van der Waals surface area contributed by atoms with E-state index in [4.69, 9.17) is 11.6 Å². The number of aromatic nitrogens is 1. The third-order valence-corrected chi connectivity index (χ3v) is 3.02. The van der Waals surface area contributed by atoms with Crippen LogP contribution >= 0.6 is 11.6 Å². The van der Waals surface area contributed by atoms with Crippen LogP contribution in [0.15, 0.2) is 12.3 Å². The van der Waals surface area contributed by atoms with Crippen LogP contribution in [0.2, 0.25) is 5.02 Å². The van der Waals surface area contributed by atoms with E-state index in [9.17, 15) is 0 Å². The molecule has 1 aromatic rings. The second kappa shape index (κ2) is 6.82. The Morgan fingerprint density at radius 3 is 2.71 bits per heavy atom. The first-order valence-corrected chi connectivity index (χ1v) is 6.52. The summed E-state index contributed by atoms with van der Waals surface area (Å²) in [6.07, 6.45) is 3.03. The molecule has 0 aliphatic rings. The molecular formula is C13H22ClN3. The topological polar surface area (TPSA) is 28.2 Å². The summed E-state index contributed by atoms with van der Waals surface area (Å²) in [5, 5.41) is 4.06. The highest BCUT2D eigenvalue weighted by molar-refractivity contribution is 6.33. The van der Waals surface area contributed by atoms with Gasteiger partial charge >= 0.3 is 0 Å². The molecule has 0 spiro atoms. The Bertz CT molecular complexity index is 353. The summed E-state index contributed by atoms with van der Waals surface area (Å²) in [4.78, 5) is 6.51. The van der Waals surface area contributed by atoms with E-state index in [0.29, 0.717) is 6.04 Å². The molecule has 4 heteroatoms. The van der Waals surface area contributed by atoms with Crippen LogP contribution in [0.3, 0.4) is 0 Å². The SMILES string of the molecule is CCCNCc1cnc(N(C)C(C)C)c(Cl)c1. The first kappa shape index (κ1) is 14.3. The predicted molar refractivity (Wildman–Crippen MR) is 74.8 cm³/mol. The van der Waals surface area contributed by atoms with Crippen LogP contribution in [0.25, 0.3) is 0 Å². The molecule has 0 aromatic carbocycles. The zero-order chi connectivity index (χ0) is 12.8. The fourth-order valence-corrected chi connectivity index (χ4v) is 1.80. The number of hydrogen-bond acceptors (Lipinski definition) is 3. The number of anilines is 1. The van der Waals surface area contributed by atoms with Crippen molar-refractivity contribution in [3.05, 3.63) is 22.8 Å². The highest BCUT2D eigenvalue weighted by Gasteiger charge is 2.11. The number of rotatable bonds is 6. The molecule has 0 amide bonds. The Labute approximate surface area is 109 Å². The highest BCUT2D eigenvalue weighted by atomic mass is 35.5. The standard InChI is InChI=1S/C13H22ClN3/c1-5-6-15-8-11-7-12(14)13(16-9-11)17(4)10(2)3/h7,9-10,15H,5-6,8H2,1-4H3. The van der Waals surface area contributed by atoms with Gasteiger partial charge in [-0.2, -0.15) is 0 Å². The summed E-state index contributed by atoms with van der Waals surface area (Å²) in [7, 11) is 2.01. The molecular weight excluding hydrogens is 234 g/mol. The van der Waals surface area contributed by atoms with E-state index in [-0.39, 0.29) is 0 Å². The van der Waals surface area contributed by atoms with Gasteiger partial charge in [0.15, 0.2) is 0 Å². The van der Waals surface area contributed by atoms with Gasteiger partial charge in [0.1, 0.15) is 5.82 Å². The molecule has 0 atom stereocenters. The van der Waals surface area contributed by atoms with Crippen molar-refractivity contribution >= 4 is 17.4 Å². The van der Waals surface area contributed by atoms with Crippen molar-refractivity contribution in [1.82, 2.24) is 10.3 Å². The van der Waals surface area contributed by atoms with Crippen LogP contribution in [0.1, 0.15) is 32.8 Å². The molecule has 0 fully saturated rings. The summed E-state index contributed by atoms with van der Waals surface area (Å²) < 4.78 is 0. The van der Waals surface area contributed by atoms with E-state index in [1.807, 2.05) is 19.3 Å². The van der Waals surface area contributed by atoms with E-state index >= 15 is 0 Å². The van der Waals surface area contributed by atoms with Gasteiger partial charge in [-0.3, -0.25) is 0 Å². The summed E-state index contributed by atoms with van der Waals surface area (Å²) >= 11 is 6.25. The number of hydrogen-bond donors (Lipinski definition) is 1. The second-order valence-electron chi connectivity index (χ2n) is 4.53. The monoisotopic (exact) mass is 255 g/mol.